The molecular formula is C16H24N4O. The lowest BCUT2D eigenvalue weighted by Crippen LogP contribution is -2.38. The number of hydrogen-bond donors (Lipinski definition) is 0. The second-order valence-corrected chi connectivity index (χ2v) is 6.00. The number of aryl methyl sites for hydroxylation is 1. The van der Waals surface area contributed by atoms with E-state index in [0.717, 1.165) is 43.5 Å². The number of likely N-dealkylation sites (tertiary alicyclic amines) is 1. The van der Waals surface area contributed by atoms with Gasteiger partial charge >= 0.3 is 0 Å². The van der Waals surface area contributed by atoms with Crippen LogP contribution in [0.4, 0.5) is 0 Å². The number of nitrogens with zero attached hydrogens (tertiary/aromatic N) is 4. The molecule has 5 nitrogen and oxygen atoms in total. The molecule has 0 N–H and O–H groups in total. The zero-order chi connectivity index (χ0) is 14.7. The third kappa shape index (κ3) is 3.35. The highest BCUT2D eigenvalue weighted by Crippen LogP contribution is 2.34. The van der Waals surface area contributed by atoms with Gasteiger partial charge in [-0.15, -0.1) is 0 Å². The summed E-state index contributed by atoms with van der Waals surface area (Å²) in [5.74, 6) is 2.96. The normalized spacial score (nSPS) is 23.5. The Morgan fingerprint density at radius 2 is 2.24 bits per heavy atom. The van der Waals surface area contributed by atoms with Crippen molar-refractivity contribution in [1.82, 2.24) is 19.7 Å². The van der Waals surface area contributed by atoms with Gasteiger partial charge in [-0.05, 0) is 37.4 Å². The molecule has 0 amide bonds. The van der Waals surface area contributed by atoms with E-state index in [-0.39, 0.29) is 0 Å². The van der Waals surface area contributed by atoms with Crippen LogP contribution in [-0.2, 0) is 13.0 Å². The second kappa shape index (κ2) is 6.43. The predicted molar refractivity (Wildman–Crippen MR) is 80.8 cm³/mol. The smallest absolute Gasteiger partial charge is 0.137 e. The zero-order valence-electron chi connectivity index (χ0n) is 12.9. The summed E-state index contributed by atoms with van der Waals surface area (Å²) < 4.78 is 7.91. The van der Waals surface area contributed by atoms with Crippen LogP contribution in [0.3, 0.4) is 0 Å². The number of rotatable bonds is 5. The average Bonchev–Trinajstić information content (AvgIpc) is 3.17. The summed E-state index contributed by atoms with van der Waals surface area (Å²) >= 11 is 0. The predicted octanol–water partition coefficient (Wildman–Crippen LogP) is 2.91. The van der Waals surface area contributed by atoms with Crippen molar-refractivity contribution in [3.05, 3.63) is 36.3 Å². The van der Waals surface area contributed by atoms with E-state index in [1.54, 1.807) is 12.7 Å². The minimum absolute atomic E-state index is 0.401. The highest BCUT2D eigenvalue weighted by molar-refractivity contribution is 5.12. The van der Waals surface area contributed by atoms with E-state index in [1.165, 1.54) is 12.8 Å². The van der Waals surface area contributed by atoms with Gasteiger partial charge in [0.25, 0.3) is 0 Å². The van der Waals surface area contributed by atoms with Crippen LogP contribution >= 0.6 is 0 Å². The maximum atomic E-state index is 6.01. The monoisotopic (exact) mass is 288 g/mol. The fourth-order valence-corrected chi connectivity index (χ4v) is 3.10. The first-order chi connectivity index (χ1) is 10.3. The van der Waals surface area contributed by atoms with Crippen LogP contribution in [0.2, 0.25) is 0 Å². The Balaban J connectivity index is 1.70. The van der Waals surface area contributed by atoms with Crippen molar-refractivity contribution in [1.29, 1.82) is 0 Å². The Morgan fingerprint density at radius 3 is 2.95 bits per heavy atom. The fourth-order valence-electron chi connectivity index (χ4n) is 3.10. The van der Waals surface area contributed by atoms with Gasteiger partial charge in [0.05, 0.1) is 12.6 Å². The van der Waals surface area contributed by atoms with Crippen molar-refractivity contribution in [2.24, 2.45) is 5.92 Å². The van der Waals surface area contributed by atoms with Crippen LogP contribution < -0.4 is 0 Å². The molecule has 0 unspecified atom stereocenters. The third-order valence-electron chi connectivity index (χ3n) is 4.42. The van der Waals surface area contributed by atoms with Gasteiger partial charge in [-0.25, -0.2) is 4.98 Å². The molecule has 0 bridgehead atoms. The molecule has 1 aliphatic heterocycles. The van der Waals surface area contributed by atoms with Crippen LogP contribution in [-0.4, -0.2) is 32.8 Å². The van der Waals surface area contributed by atoms with Crippen LogP contribution in [0, 0.1) is 5.92 Å². The molecule has 114 valence electrons. The summed E-state index contributed by atoms with van der Waals surface area (Å²) in [7, 11) is 0. The minimum atomic E-state index is 0.401. The first-order valence-electron chi connectivity index (χ1n) is 7.91. The molecule has 21 heavy (non-hydrogen) atoms. The van der Waals surface area contributed by atoms with E-state index in [9.17, 15) is 0 Å². The highest BCUT2D eigenvalue weighted by Gasteiger charge is 2.29. The van der Waals surface area contributed by atoms with Gasteiger partial charge in [0.1, 0.15) is 24.2 Å². The third-order valence-corrected chi connectivity index (χ3v) is 4.42. The Morgan fingerprint density at radius 1 is 1.33 bits per heavy atom. The minimum Gasteiger partial charge on any atom is -0.464 e. The van der Waals surface area contributed by atoms with E-state index >= 15 is 0 Å². The Labute approximate surface area is 126 Å². The Kier molecular flexibility index (Phi) is 4.39. The molecule has 3 rings (SSSR count). The van der Waals surface area contributed by atoms with Crippen LogP contribution in [0.15, 0.2) is 29.2 Å². The number of piperidine rings is 1. The van der Waals surface area contributed by atoms with E-state index in [1.807, 2.05) is 4.68 Å². The Bertz CT molecular complexity index is 548. The lowest BCUT2D eigenvalue weighted by Gasteiger charge is -2.37. The van der Waals surface area contributed by atoms with Gasteiger partial charge in [-0.2, -0.15) is 5.10 Å². The molecule has 0 aliphatic carbocycles. The number of aromatic nitrogens is 3. The molecule has 5 heteroatoms. The molecule has 0 saturated carbocycles. The molecule has 2 aromatic heterocycles. The SMILES string of the molecule is CCc1ccc([C@@H]2C[C@@H](C)CCN2CCn2cncn2)o1. The highest BCUT2D eigenvalue weighted by atomic mass is 16.3. The average molecular weight is 288 g/mol. The molecule has 2 atom stereocenters. The van der Waals surface area contributed by atoms with E-state index in [4.69, 9.17) is 4.42 Å². The van der Waals surface area contributed by atoms with E-state index < -0.39 is 0 Å². The fraction of sp³-hybridized carbons (Fsp3) is 0.625. The van der Waals surface area contributed by atoms with Gasteiger partial charge < -0.3 is 4.42 Å². The van der Waals surface area contributed by atoms with Gasteiger partial charge in [-0.1, -0.05) is 13.8 Å². The molecule has 1 fully saturated rings. The van der Waals surface area contributed by atoms with Gasteiger partial charge in [-0.3, -0.25) is 9.58 Å². The maximum absolute atomic E-state index is 6.01. The van der Waals surface area contributed by atoms with E-state index in [0.29, 0.717) is 6.04 Å². The first-order valence-corrected chi connectivity index (χ1v) is 7.91. The standard InChI is InChI=1S/C16H24N4O/c1-3-14-4-5-16(21-14)15-10-13(2)6-7-19(15)8-9-20-12-17-11-18-20/h4-5,11-13,15H,3,6-10H2,1-2H3/t13-,15-/m0/s1. The topological polar surface area (TPSA) is 47.1 Å². The van der Waals surface area contributed by atoms with Gasteiger partial charge in [0.2, 0.25) is 0 Å². The van der Waals surface area contributed by atoms with Crippen molar-refractivity contribution in [2.75, 3.05) is 13.1 Å². The van der Waals surface area contributed by atoms with E-state index in [2.05, 4.69) is 41.0 Å². The summed E-state index contributed by atoms with van der Waals surface area (Å²) in [5, 5.41) is 4.19. The van der Waals surface area contributed by atoms with Crippen LogP contribution in [0.1, 0.15) is 44.3 Å². The number of hydrogen-bond acceptors (Lipinski definition) is 4. The molecule has 0 spiro atoms. The van der Waals surface area contributed by atoms with Gasteiger partial charge in [0.15, 0.2) is 0 Å². The van der Waals surface area contributed by atoms with Crippen molar-refractivity contribution in [3.8, 4) is 0 Å². The molecule has 1 saturated heterocycles. The Hall–Kier alpha value is -1.62. The lowest BCUT2D eigenvalue weighted by atomic mass is 9.91. The largest absolute Gasteiger partial charge is 0.464 e. The summed E-state index contributed by atoms with van der Waals surface area (Å²) in [4.78, 5) is 6.53. The second-order valence-electron chi connectivity index (χ2n) is 6.00. The maximum Gasteiger partial charge on any atom is 0.137 e. The molecule has 0 radical (unpaired) electrons. The number of furan rings is 1. The van der Waals surface area contributed by atoms with Gasteiger partial charge in [0, 0.05) is 13.0 Å². The molecular weight excluding hydrogens is 264 g/mol. The summed E-state index contributed by atoms with van der Waals surface area (Å²) in [6.45, 7) is 7.47. The molecule has 1 aliphatic rings. The van der Waals surface area contributed by atoms with Crippen molar-refractivity contribution in [2.45, 2.75) is 45.7 Å². The van der Waals surface area contributed by atoms with Crippen molar-refractivity contribution < 1.29 is 4.42 Å². The zero-order valence-corrected chi connectivity index (χ0v) is 12.9. The van der Waals surface area contributed by atoms with Crippen molar-refractivity contribution >= 4 is 0 Å². The van der Waals surface area contributed by atoms with Crippen molar-refractivity contribution in [3.63, 3.8) is 0 Å². The summed E-state index contributed by atoms with van der Waals surface area (Å²) in [6, 6.07) is 4.67. The summed E-state index contributed by atoms with van der Waals surface area (Å²) in [5.41, 5.74) is 0. The van der Waals surface area contributed by atoms with Crippen LogP contribution in [0.5, 0.6) is 0 Å². The molecule has 2 aromatic rings. The molecule has 3 heterocycles. The summed E-state index contributed by atoms with van der Waals surface area (Å²) in [6.07, 6.45) is 6.77. The van der Waals surface area contributed by atoms with Crippen LogP contribution in [0.25, 0.3) is 0 Å². The first kappa shape index (κ1) is 14.3. The lowest BCUT2D eigenvalue weighted by molar-refractivity contribution is 0.0958. The molecule has 0 aromatic carbocycles. The quantitative estimate of drug-likeness (QED) is 0.848.